The molecule has 5 heteroatoms. The summed E-state index contributed by atoms with van der Waals surface area (Å²) in [6, 6.07) is 7.47. The van der Waals surface area contributed by atoms with Crippen LogP contribution >= 0.6 is 0 Å². The van der Waals surface area contributed by atoms with Crippen molar-refractivity contribution in [1.82, 2.24) is 15.0 Å². The van der Waals surface area contributed by atoms with Gasteiger partial charge in [0, 0.05) is 47.7 Å². The minimum atomic E-state index is -0.290. The van der Waals surface area contributed by atoms with Gasteiger partial charge in [-0.2, -0.15) is 0 Å². The van der Waals surface area contributed by atoms with Crippen molar-refractivity contribution >= 4 is 10.8 Å². The fourth-order valence-electron chi connectivity index (χ4n) is 2.19. The van der Waals surface area contributed by atoms with Crippen LogP contribution in [0.25, 0.3) is 22.0 Å². The van der Waals surface area contributed by atoms with Crippen molar-refractivity contribution in [2.75, 3.05) is 6.54 Å². The number of aromatic nitrogens is 3. The maximum absolute atomic E-state index is 6.09. The first kappa shape index (κ1) is 12.7. The molecular weight excluding hydrogens is 250 g/mol. The number of nitrogens with zero attached hydrogens (tertiary/aromatic N) is 3. The van der Waals surface area contributed by atoms with E-state index in [1.54, 1.807) is 18.6 Å². The summed E-state index contributed by atoms with van der Waals surface area (Å²) in [6.45, 7) is 0.351. The molecule has 3 heterocycles. The van der Waals surface area contributed by atoms with E-state index in [1.165, 1.54) is 0 Å². The third-order valence-corrected chi connectivity index (χ3v) is 3.24. The number of rotatable bonds is 3. The molecule has 3 aromatic rings. The number of pyridine rings is 3. The molecule has 20 heavy (non-hydrogen) atoms. The normalized spacial score (nSPS) is 12.5. The Morgan fingerprint density at radius 2 is 1.80 bits per heavy atom. The molecule has 0 fully saturated rings. The molecule has 0 aromatic carbocycles. The van der Waals surface area contributed by atoms with Gasteiger partial charge in [-0.1, -0.05) is 0 Å². The Hall–Kier alpha value is -2.37. The molecule has 0 amide bonds. The van der Waals surface area contributed by atoms with Crippen LogP contribution in [0.15, 0.2) is 49.1 Å². The fraction of sp³-hybridized carbons (Fsp3) is 0.133. The number of nitrogens with two attached hydrogens (primary N) is 2. The Bertz CT molecular complexity index is 727. The summed E-state index contributed by atoms with van der Waals surface area (Å²) < 4.78 is 0. The maximum Gasteiger partial charge on any atom is 0.0714 e. The van der Waals surface area contributed by atoms with Crippen molar-refractivity contribution in [2.45, 2.75) is 6.04 Å². The molecule has 1 unspecified atom stereocenters. The lowest BCUT2D eigenvalue weighted by atomic mass is 10.0. The van der Waals surface area contributed by atoms with Crippen LogP contribution in [0.3, 0.4) is 0 Å². The zero-order valence-electron chi connectivity index (χ0n) is 10.9. The lowest BCUT2D eigenvalue weighted by Crippen LogP contribution is -2.22. The van der Waals surface area contributed by atoms with Crippen molar-refractivity contribution in [1.29, 1.82) is 0 Å². The van der Waals surface area contributed by atoms with Crippen molar-refractivity contribution < 1.29 is 0 Å². The SMILES string of the molecule is NCC(N)c1nc(-c2ccncc2)cc2cnccc12. The second kappa shape index (κ2) is 5.32. The van der Waals surface area contributed by atoms with Crippen LogP contribution in [0.5, 0.6) is 0 Å². The minimum Gasteiger partial charge on any atom is -0.329 e. The van der Waals surface area contributed by atoms with E-state index in [4.69, 9.17) is 11.5 Å². The van der Waals surface area contributed by atoms with Gasteiger partial charge < -0.3 is 11.5 Å². The average molecular weight is 265 g/mol. The van der Waals surface area contributed by atoms with Gasteiger partial charge in [0.1, 0.15) is 0 Å². The number of fused-ring (bicyclic) bond motifs is 1. The summed E-state index contributed by atoms with van der Waals surface area (Å²) in [6.07, 6.45) is 7.04. The molecule has 0 spiro atoms. The molecule has 3 aromatic heterocycles. The smallest absolute Gasteiger partial charge is 0.0714 e. The van der Waals surface area contributed by atoms with Crippen LogP contribution in [0, 0.1) is 0 Å². The van der Waals surface area contributed by atoms with Crippen LogP contribution in [-0.4, -0.2) is 21.5 Å². The highest BCUT2D eigenvalue weighted by molar-refractivity contribution is 5.87. The third-order valence-electron chi connectivity index (χ3n) is 3.24. The van der Waals surface area contributed by atoms with Crippen LogP contribution in [0.1, 0.15) is 11.7 Å². The van der Waals surface area contributed by atoms with Gasteiger partial charge in [0.15, 0.2) is 0 Å². The standard InChI is InChI=1S/C15H15N5/c16-8-13(17)15-12-3-6-19-9-11(12)7-14(20-15)10-1-4-18-5-2-10/h1-7,9,13H,8,16-17H2. The molecule has 0 saturated carbocycles. The molecule has 3 rings (SSSR count). The first-order valence-electron chi connectivity index (χ1n) is 6.40. The van der Waals surface area contributed by atoms with E-state index in [0.717, 1.165) is 27.7 Å². The Labute approximate surface area is 116 Å². The van der Waals surface area contributed by atoms with Crippen LogP contribution in [0.4, 0.5) is 0 Å². The quantitative estimate of drug-likeness (QED) is 0.751. The van der Waals surface area contributed by atoms with E-state index in [2.05, 4.69) is 15.0 Å². The van der Waals surface area contributed by atoms with Crippen molar-refractivity contribution in [3.05, 3.63) is 54.7 Å². The highest BCUT2D eigenvalue weighted by atomic mass is 14.8. The average Bonchev–Trinajstić information content (AvgIpc) is 2.54. The zero-order chi connectivity index (χ0) is 13.9. The highest BCUT2D eigenvalue weighted by Gasteiger charge is 2.13. The topological polar surface area (TPSA) is 90.7 Å². The monoisotopic (exact) mass is 265 g/mol. The highest BCUT2D eigenvalue weighted by Crippen LogP contribution is 2.26. The molecule has 0 aliphatic heterocycles. The Morgan fingerprint density at radius 3 is 2.55 bits per heavy atom. The lowest BCUT2D eigenvalue weighted by molar-refractivity contribution is 0.719. The molecule has 0 aliphatic carbocycles. The molecule has 4 N–H and O–H groups in total. The van der Waals surface area contributed by atoms with Gasteiger partial charge in [-0.25, -0.2) is 0 Å². The fourth-order valence-corrected chi connectivity index (χ4v) is 2.19. The molecule has 1 atom stereocenters. The molecule has 0 aliphatic rings. The maximum atomic E-state index is 6.09. The largest absolute Gasteiger partial charge is 0.329 e. The van der Waals surface area contributed by atoms with Crippen molar-refractivity contribution in [3.63, 3.8) is 0 Å². The van der Waals surface area contributed by atoms with Crippen molar-refractivity contribution in [2.24, 2.45) is 11.5 Å². The third kappa shape index (κ3) is 2.24. The molecular formula is C15H15N5. The summed E-state index contributed by atoms with van der Waals surface area (Å²) in [7, 11) is 0. The van der Waals surface area contributed by atoms with E-state index in [9.17, 15) is 0 Å². The second-order valence-corrected chi connectivity index (χ2v) is 4.57. The molecule has 0 radical (unpaired) electrons. The van der Waals surface area contributed by atoms with E-state index < -0.39 is 0 Å². The first-order chi connectivity index (χ1) is 9.79. The van der Waals surface area contributed by atoms with Gasteiger partial charge in [-0.15, -0.1) is 0 Å². The molecule has 5 nitrogen and oxygen atoms in total. The Balaban J connectivity index is 2.25. The van der Waals surface area contributed by atoms with Gasteiger partial charge in [0.05, 0.1) is 17.4 Å². The van der Waals surface area contributed by atoms with Gasteiger partial charge in [-0.3, -0.25) is 15.0 Å². The van der Waals surface area contributed by atoms with E-state index in [1.807, 2.05) is 30.5 Å². The number of hydrogen-bond acceptors (Lipinski definition) is 5. The van der Waals surface area contributed by atoms with Gasteiger partial charge in [-0.05, 0) is 24.3 Å². The molecule has 0 bridgehead atoms. The molecule has 100 valence electrons. The van der Waals surface area contributed by atoms with Gasteiger partial charge in [0.2, 0.25) is 0 Å². The van der Waals surface area contributed by atoms with Crippen LogP contribution < -0.4 is 11.5 Å². The zero-order valence-corrected chi connectivity index (χ0v) is 10.9. The van der Waals surface area contributed by atoms with Gasteiger partial charge in [0.25, 0.3) is 0 Å². The predicted molar refractivity (Wildman–Crippen MR) is 78.8 cm³/mol. The Kier molecular flexibility index (Phi) is 3.37. The summed E-state index contributed by atoms with van der Waals surface area (Å²) in [5, 5.41) is 2.00. The van der Waals surface area contributed by atoms with Crippen LogP contribution in [-0.2, 0) is 0 Å². The molecule has 0 saturated heterocycles. The summed E-state index contributed by atoms with van der Waals surface area (Å²) >= 11 is 0. The van der Waals surface area contributed by atoms with E-state index in [-0.39, 0.29) is 6.04 Å². The van der Waals surface area contributed by atoms with Crippen molar-refractivity contribution in [3.8, 4) is 11.3 Å². The second-order valence-electron chi connectivity index (χ2n) is 4.57. The summed E-state index contributed by atoms with van der Waals surface area (Å²) in [4.78, 5) is 12.9. The predicted octanol–water partition coefficient (Wildman–Crippen LogP) is 1.65. The van der Waals surface area contributed by atoms with Crippen LogP contribution in [0.2, 0.25) is 0 Å². The Morgan fingerprint density at radius 1 is 1.05 bits per heavy atom. The minimum absolute atomic E-state index is 0.290. The van der Waals surface area contributed by atoms with E-state index in [0.29, 0.717) is 6.54 Å². The van der Waals surface area contributed by atoms with Gasteiger partial charge >= 0.3 is 0 Å². The van der Waals surface area contributed by atoms with E-state index >= 15 is 0 Å². The number of hydrogen-bond donors (Lipinski definition) is 2. The summed E-state index contributed by atoms with van der Waals surface area (Å²) in [5.74, 6) is 0. The summed E-state index contributed by atoms with van der Waals surface area (Å²) in [5.41, 5.74) is 14.4. The lowest BCUT2D eigenvalue weighted by Gasteiger charge is -2.13. The first-order valence-corrected chi connectivity index (χ1v) is 6.40.